The van der Waals surface area contributed by atoms with Crippen LogP contribution in [0.2, 0.25) is 0 Å². The zero-order valence-electron chi connectivity index (χ0n) is 19.1. The highest BCUT2D eigenvalue weighted by Crippen LogP contribution is 2.34. The van der Waals surface area contributed by atoms with Crippen molar-refractivity contribution in [3.63, 3.8) is 0 Å². The summed E-state index contributed by atoms with van der Waals surface area (Å²) in [5.74, 6) is 0.142. The van der Waals surface area contributed by atoms with Gasteiger partial charge >= 0.3 is 0 Å². The lowest BCUT2D eigenvalue weighted by molar-refractivity contribution is 0.0888. The number of rotatable bonds is 12. The number of benzene rings is 2. The quantitative estimate of drug-likeness (QED) is 0.333. The summed E-state index contributed by atoms with van der Waals surface area (Å²) in [5.41, 5.74) is 1.64. The molecule has 0 saturated carbocycles. The predicted octanol–water partition coefficient (Wildman–Crippen LogP) is 2.65. The van der Waals surface area contributed by atoms with Crippen molar-refractivity contribution in [1.82, 2.24) is 15.0 Å². The van der Waals surface area contributed by atoms with Crippen molar-refractivity contribution in [3.8, 4) is 11.5 Å². The summed E-state index contributed by atoms with van der Waals surface area (Å²) in [6.45, 7) is 3.92. The summed E-state index contributed by atoms with van der Waals surface area (Å²) in [4.78, 5) is 0. The van der Waals surface area contributed by atoms with Gasteiger partial charge in [-0.2, -0.15) is 0 Å². The van der Waals surface area contributed by atoms with E-state index in [9.17, 15) is 14.6 Å². The predicted molar refractivity (Wildman–Crippen MR) is 125 cm³/mol. The molecule has 0 saturated heterocycles. The standard InChI is InChI=1S/C24H29ClFN3O5/c1-24(2,17-5-8-23(22(26)9-17)34-14-19(31)10-25)16-3-6-21(7-4-16)33-15-20(32)12-29-11-18(13-30)27-28-29/h3-9,11,19-20,30-32H,10,12-15H2,1-2H3. The maximum Gasteiger partial charge on any atom is 0.165 e. The van der Waals surface area contributed by atoms with Crippen LogP contribution in [0, 0.1) is 5.82 Å². The van der Waals surface area contributed by atoms with Crippen molar-refractivity contribution >= 4 is 11.6 Å². The third kappa shape index (κ3) is 6.66. The molecule has 34 heavy (non-hydrogen) atoms. The lowest BCUT2D eigenvalue weighted by Gasteiger charge is -2.27. The number of aliphatic hydroxyl groups excluding tert-OH is 3. The van der Waals surface area contributed by atoms with Crippen LogP contribution in [0.1, 0.15) is 30.7 Å². The minimum atomic E-state index is -0.860. The summed E-state index contributed by atoms with van der Waals surface area (Å²) in [6, 6.07) is 12.1. The van der Waals surface area contributed by atoms with Gasteiger partial charge < -0.3 is 24.8 Å². The number of aliphatic hydroxyl groups is 3. The van der Waals surface area contributed by atoms with Crippen LogP contribution in [-0.4, -0.2) is 61.6 Å². The number of alkyl halides is 1. The Labute approximate surface area is 202 Å². The molecular formula is C24H29ClFN3O5. The number of aromatic nitrogens is 3. The van der Waals surface area contributed by atoms with E-state index in [-0.39, 0.29) is 38.0 Å². The lowest BCUT2D eigenvalue weighted by Crippen LogP contribution is -2.24. The first-order valence-corrected chi connectivity index (χ1v) is 11.3. The molecule has 3 N–H and O–H groups in total. The van der Waals surface area contributed by atoms with Crippen molar-refractivity contribution in [2.24, 2.45) is 0 Å². The van der Waals surface area contributed by atoms with E-state index < -0.39 is 23.4 Å². The molecule has 1 aromatic heterocycles. The number of hydrogen-bond donors (Lipinski definition) is 3. The fourth-order valence-corrected chi connectivity index (χ4v) is 3.42. The van der Waals surface area contributed by atoms with E-state index in [0.717, 1.165) is 11.1 Å². The fraction of sp³-hybridized carbons (Fsp3) is 0.417. The molecule has 3 aromatic rings. The van der Waals surface area contributed by atoms with Crippen molar-refractivity contribution in [2.45, 2.75) is 44.6 Å². The molecule has 3 rings (SSSR count). The Hall–Kier alpha value is -2.72. The van der Waals surface area contributed by atoms with Crippen molar-refractivity contribution in [3.05, 3.63) is 71.3 Å². The molecule has 0 bridgehead atoms. The van der Waals surface area contributed by atoms with Gasteiger partial charge in [0.2, 0.25) is 0 Å². The van der Waals surface area contributed by atoms with Crippen molar-refractivity contribution < 1.29 is 29.2 Å². The van der Waals surface area contributed by atoms with Crippen LogP contribution in [0.15, 0.2) is 48.7 Å². The molecule has 0 spiro atoms. The largest absolute Gasteiger partial charge is 0.491 e. The van der Waals surface area contributed by atoms with Gasteiger partial charge in [0.1, 0.15) is 36.9 Å². The second kappa shape index (κ2) is 11.6. The van der Waals surface area contributed by atoms with Crippen LogP contribution in [0.4, 0.5) is 4.39 Å². The number of halogens is 2. The maximum atomic E-state index is 14.6. The second-order valence-corrected chi connectivity index (χ2v) is 8.78. The van der Waals surface area contributed by atoms with E-state index in [1.54, 1.807) is 30.5 Å². The van der Waals surface area contributed by atoms with Crippen LogP contribution in [0.5, 0.6) is 11.5 Å². The lowest BCUT2D eigenvalue weighted by atomic mass is 9.78. The monoisotopic (exact) mass is 493 g/mol. The first-order valence-electron chi connectivity index (χ1n) is 10.8. The molecule has 184 valence electrons. The normalized spacial score (nSPS) is 13.5. The number of hydrogen-bond acceptors (Lipinski definition) is 7. The fourth-order valence-electron chi connectivity index (χ4n) is 3.33. The Morgan fingerprint density at radius 2 is 1.71 bits per heavy atom. The first kappa shape index (κ1) is 25.9. The smallest absolute Gasteiger partial charge is 0.165 e. The third-order valence-electron chi connectivity index (χ3n) is 5.43. The molecule has 2 aromatic carbocycles. The molecule has 8 nitrogen and oxygen atoms in total. The van der Waals surface area contributed by atoms with Gasteiger partial charge in [0.15, 0.2) is 11.6 Å². The van der Waals surface area contributed by atoms with Gasteiger partial charge in [0.05, 0.1) is 25.2 Å². The van der Waals surface area contributed by atoms with Gasteiger partial charge in [0.25, 0.3) is 0 Å². The topological polar surface area (TPSA) is 110 Å². The Morgan fingerprint density at radius 1 is 1.03 bits per heavy atom. The molecule has 0 fully saturated rings. The summed E-state index contributed by atoms with van der Waals surface area (Å²) in [7, 11) is 0. The Morgan fingerprint density at radius 3 is 2.32 bits per heavy atom. The highest BCUT2D eigenvalue weighted by atomic mass is 35.5. The SMILES string of the molecule is CC(C)(c1ccc(OCC(O)Cn2cc(CO)nn2)cc1)c1ccc(OCC(O)CCl)c(F)c1. The number of nitrogens with zero attached hydrogens (tertiary/aromatic N) is 3. The molecular weight excluding hydrogens is 465 g/mol. The summed E-state index contributed by atoms with van der Waals surface area (Å²) < 4.78 is 27.0. The molecule has 10 heteroatoms. The van der Waals surface area contributed by atoms with Gasteiger partial charge in [0, 0.05) is 5.41 Å². The Bertz CT molecular complexity index is 1060. The molecule has 2 unspecified atom stereocenters. The van der Waals surface area contributed by atoms with E-state index in [1.807, 2.05) is 26.0 Å². The van der Waals surface area contributed by atoms with Crippen molar-refractivity contribution in [2.75, 3.05) is 19.1 Å². The van der Waals surface area contributed by atoms with Gasteiger partial charge in [-0.1, -0.05) is 37.3 Å². The van der Waals surface area contributed by atoms with Crippen molar-refractivity contribution in [1.29, 1.82) is 0 Å². The second-order valence-electron chi connectivity index (χ2n) is 8.47. The average Bonchev–Trinajstić information content (AvgIpc) is 3.29. The third-order valence-corrected chi connectivity index (χ3v) is 5.78. The zero-order valence-corrected chi connectivity index (χ0v) is 19.8. The van der Waals surface area contributed by atoms with Gasteiger partial charge in [-0.3, -0.25) is 0 Å². The van der Waals surface area contributed by atoms with Gasteiger partial charge in [-0.25, -0.2) is 9.07 Å². The van der Waals surface area contributed by atoms with Crippen LogP contribution in [-0.2, 0) is 18.6 Å². The molecule has 0 aliphatic carbocycles. The Kier molecular flexibility index (Phi) is 8.84. The maximum absolute atomic E-state index is 14.6. The van der Waals surface area contributed by atoms with E-state index in [2.05, 4.69) is 10.3 Å². The molecule has 0 radical (unpaired) electrons. The zero-order chi connectivity index (χ0) is 24.7. The van der Waals surface area contributed by atoms with Crippen LogP contribution in [0.25, 0.3) is 0 Å². The molecule has 0 aliphatic rings. The van der Waals surface area contributed by atoms with Crippen LogP contribution >= 0.6 is 11.6 Å². The van der Waals surface area contributed by atoms with Gasteiger partial charge in [-0.15, -0.1) is 16.7 Å². The van der Waals surface area contributed by atoms with E-state index in [1.165, 1.54) is 10.7 Å². The Balaban J connectivity index is 1.59. The highest BCUT2D eigenvalue weighted by Gasteiger charge is 2.25. The molecule has 1 heterocycles. The summed E-state index contributed by atoms with van der Waals surface area (Å²) in [6.07, 6.45) is -0.107. The first-order chi connectivity index (χ1) is 16.2. The van der Waals surface area contributed by atoms with E-state index in [0.29, 0.717) is 11.4 Å². The van der Waals surface area contributed by atoms with Gasteiger partial charge in [-0.05, 0) is 35.4 Å². The van der Waals surface area contributed by atoms with E-state index in [4.69, 9.17) is 26.2 Å². The van der Waals surface area contributed by atoms with Crippen LogP contribution in [0.3, 0.4) is 0 Å². The molecule has 0 aliphatic heterocycles. The summed E-state index contributed by atoms with van der Waals surface area (Å²) in [5, 5.41) is 36.3. The highest BCUT2D eigenvalue weighted by molar-refractivity contribution is 6.18. The van der Waals surface area contributed by atoms with E-state index >= 15 is 0 Å². The summed E-state index contributed by atoms with van der Waals surface area (Å²) >= 11 is 5.54. The minimum absolute atomic E-state index is 0.0126. The molecule has 2 atom stereocenters. The minimum Gasteiger partial charge on any atom is -0.491 e. The van der Waals surface area contributed by atoms with Crippen LogP contribution < -0.4 is 9.47 Å². The molecule has 0 amide bonds. The number of ether oxygens (including phenoxy) is 2. The average molecular weight is 494 g/mol.